The van der Waals surface area contributed by atoms with Crippen LogP contribution in [0.15, 0.2) is 12.1 Å². The molecule has 1 heterocycles. The molecule has 2 atom stereocenters. The van der Waals surface area contributed by atoms with Crippen LogP contribution in [0, 0.1) is 0 Å². The van der Waals surface area contributed by atoms with Gasteiger partial charge < -0.3 is 19.7 Å². The molecule has 1 aromatic carbocycles. The zero-order chi connectivity index (χ0) is 17.4. The quantitative estimate of drug-likeness (QED) is 0.653. The zero-order valence-electron chi connectivity index (χ0n) is 13.8. The largest absolute Gasteiger partial charge is 0.507 e. The van der Waals surface area contributed by atoms with E-state index in [1.165, 1.54) is 19.1 Å². The van der Waals surface area contributed by atoms with Crippen LogP contribution in [0.5, 0.6) is 11.5 Å². The van der Waals surface area contributed by atoms with Crippen LogP contribution in [0.1, 0.15) is 50.0 Å². The Morgan fingerprint density at radius 1 is 1.35 bits per heavy atom. The second-order valence-electron chi connectivity index (χ2n) is 6.93. The van der Waals surface area contributed by atoms with Gasteiger partial charge in [0.15, 0.2) is 11.9 Å². The van der Waals surface area contributed by atoms with Gasteiger partial charge in [-0.25, -0.2) is 4.79 Å². The molecule has 0 aliphatic carbocycles. The number of phenols is 1. The van der Waals surface area contributed by atoms with Gasteiger partial charge in [0.25, 0.3) is 0 Å². The highest BCUT2D eigenvalue weighted by Crippen LogP contribution is 2.36. The topological polar surface area (TPSA) is 93.1 Å². The summed E-state index contributed by atoms with van der Waals surface area (Å²) >= 11 is 0. The van der Waals surface area contributed by atoms with Gasteiger partial charge in [-0.05, 0) is 58.2 Å². The number of rotatable bonds is 3. The molecule has 2 rings (SSSR count). The monoisotopic (exact) mass is 322 g/mol. The Bertz CT molecular complexity index is 627. The molecule has 0 aromatic heterocycles. The minimum atomic E-state index is -1.82. The summed E-state index contributed by atoms with van der Waals surface area (Å²) in [6.45, 7) is 6.52. The van der Waals surface area contributed by atoms with E-state index in [0.29, 0.717) is 24.9 Å². The van der Waals surface area contributed by atoms with Gasteiger partial charge in [0.05, 0.1) is 5.56 Å². The van der Waals surface area contributed by atoms with Crippen molar-refractivity contribution in [2.45, 2.75) is 57.8 Å². The number of aromatic hydroxyl groups is 1. The Labute approximate surface area is 135 Å². The van der Waals surface area contributed by atoms with Crippen LogP contribution in [-0.2, 0) is 16.0 Å². The van der Waals surface area contributed by atoms with Gasteiger partial charge in [0.1, 0.15) is 23.2 Å². The molecular formula is C17H22O6. The first kappa shape index (κ1) is 17.3. The Morgan fingerprint density at radius 3 is 2.57 bits per heavy atom. The van der Waals surface area contributed by atoms with Crippen LogP contribution >= 0.6 is 0 Å². The number of aryl methyl sites for hydroxylation is 1. The number of esters is 1. The smallest absolute Gasteiger partial charge is 0.342 e. The first-order valence-corrected chi connectivity index (χ1v) is 7.48. The first-order chi connectivity index (χ1) is 10.5. The summed E-state index contributed by atoms with van der Waals surface area (Å²) in [5.41, 5.74) is -1.71. The zero-order valence-corrected chi connectivity index (χ0v) is 13.8. The summed E-state index contributed by atoms with van der Waals surface area (Å²) in [4.78, 5) is 23.1. The highest BCUT2D eigenvalue weighted by molar-refractivity contribution is 5.81. The minimum absolute atomic E-state index is 0.0984. The van der Waals surface area contributed by atoms with E-state index >= 15 is 0 Å². The average molecular weight is 322 g/mol. The van der Waals surface area contributed by atoms with Gasteiger partial charge in [-0.1, -0.05) is 0 Å². The van der Waals surface area contributed by atoms with E-state index in [2.05, 4.69) is 0 Å². The molecule has 1 aromatic rings. The molecule has 0 spiro atoms. The lowest BCUT2D eigenvalue weighted by molar-refractivity contribution is -0.185. The molecule has 2 N–H and O–H groups in total. The van der Waals surface area contributed by atoms with E-state index in [-0.39, 0.29) is 11.3 Å². The number of aliphatic hydroxyl groups is 1. The maximum atomic E-state index is 12.2. The van der Waals surface area contributed by atoms with Crippen molar-refractivity contribution in [2.24, 2.45) is 0 Å². The Balaban J connectivity index is 2.24. The molecule has 0 amide bonds. The maximum Gasteiger partial charge on any atom is 0.342 e. The summed E-state index contributed by atoms with van der Waals surface area (Å²) in [6, 6.07) is 2.88. The van der Waals surface area contributed by atoms with Crippen molar-refractivity contribution in [3.05, 3.63) is 23.3 Å². The van der Waals surface area contributed by atoms with Gasteiger partial charge >= 0.3 is 5.97 Å². The van der Waals surface area contributed by atoms with Crippen molar-refractivity contribution in [1.29, 1.82) is 0 Å². The van der Waals surface area contributed by atoms with Crippen molar-refractivity contribution < 1.29 is 29.3 Å². The number of phenolic OH excluding ortho intramolecular Hbond substituents is 1. The number of carbonyl (C=O) groups excluding carboxylic acids is 2. The van der Waals surface area contributed by atoms with E-state index in [4.69, 9.17) is 9.47 Å². The van der Waals surface area contributed by atoms with Crippen molar-refractivity contribution in [3.8, 4) is 11.5 Å². The molecule has 0 unspecified atom stereocenters. The van der Waals surface area contributed by atoms with Gasteiger partial charge in [0, 0.05) is 0 Å². The highest BCUT2D eigenvalue weighted by atomic mass is 16.6. The van der Waals surface area contributed by atoms with E-state index < -0.39 is 23.3 Å². The summed E-state index contributed by atoms with van der Waals surface area (Å²) in [5, 5.41) is 20.3. The van der Waals surface area contributed by atoms with Crippen LogP contribution in [0.25, 0.3) is 0 Å². The number of ether oxygens (including phenoxy) is 2. The molecule has 0 bridgehead atoms. The predicted octanol–water partition coefficient (Wildman–Crippen LogP) is 1.99. The molecule has 0 saturated heterocycles. The molecule has 23 heavy (non-hydrogen) atoms. The third-order valence-corrected chi connectivity index (χ3v) is 3.72. The standard InChI is InChI=1S/C17H22O6/c1-16(2,3)23-15(20)17(4,21)14-6-5-10-7-12(19)11(9-18)8-13(10)22-14/h7-9,14,19,21H,5-6H2,1-4H3/t14-,17+/m1/s1. The fourth-order valence-corrected chi connectivity index (χ4v) is 2.43. The lowest BCUT2D eigenvalue weighted by Gasteiger charge is -2.36. The van der Waals surface area contributed by atoms with Crippen molar-refractivity contribution in [1.82, 2.24) is 0 Å². The molecule has 0 saturated carbocycles. The van der Waals surface area contributed by atoms with Crippen molar-refractivity contribution >= 4 is 12.3 Å². The Kier molecular flexibility index (Phi) is 4.39. The van der Waals surface area contributed by atoms with Crippen LogP contribution in [0.3, 0.4) is 0 Å². The predicted molar refractivity (Wildman–Crippen MR) is 82.7 cm³/mol. The van der Waals surface area contributed by atoms with E-state index in [1.807, 2.05) is 0 Å². The number of aldehydes is 1. The van der Waals surface area contributed by atoms with Gasteiger partial charge in [0.2, 0.25) is 0 Å². The number of hydrogen-bond donors (Lipinski definition) is 2. The summed E-state index contributed by atoms with van der Waals surface area (Å²) in [6.07, 6.45) is 0.619. The average Bonchev–Trinajstić information content (AvgIpc) is 2.44. The first-order valence-electron chi connectivity index (χ1n) is 7.48. The normalized spacial score (nSPS) is 20.0. The minimum Gasteiger partial charge on any atom is -0.507 e. The van der Waals surface area contributed by atoms with Crippen LogP contribution in [-0.4, -0.2) is 39.8 Å². The van der Waals surface area contributed by atoms with E-state index in [0.717, 1.165) is 5.56 Å². The van der Waals surface area contributed by atoms with E-state index in [1.54, 1.807) is 20.8 Å². The van der Waals surface area contributed by atoms with E-state index in [9.17, 15) is 19.8 Å². The molecule has 6 nitrogen and oxygen atoms in total. The summed E-state index contributed by atoms with van der Waals surface area (Å²) < 4.78 is 11.0. The fraction of sp³-hybridized carbons (Fsp3) is 0.529. The Morgan fingerprint density at radius 2 is 2.00 bits per heavy atom. The number of carbonyl (C=O) groups is 2. The molecule has 0 radical (unpaired) electrons. The molecule has 126 valence electrons. The molecular weight excluding hydrogens is 300 g/mol. The molecule has 6 heteroatoms. The van der Waals surface area contributed by atoms with Crippen molar-refractivity contribution in [2.75, 3.05) is 0 Å². The van der Waals surface area contributed by atoms with Gasteiger partial charge in [-0.3, -0.25) is 4.79 Å². The lowest BCUT2D eigenvalue weighted by atomic mass is 9.90. The third kappa shape index (κ3) is 3.64. The highest BCUT2D eigenvalue weighted by Gasteiger charge is 2.45. The van der Waals surface area contributed by atoms with Crippen LogP contribution in [0.2, 0.25) is 0 Å². The maximum absolute atomic E-state index is 12.2. The summed E-state index contributed by atoms with van der Waals surface area (Å²) in [7, 11) is 0. The second-order valence-corrected chi connectivity index (χ2v) is 6.93. The number of fused-ring (bicyclic) bond motifs is 1. The lowest BCUT2D eigenvalue weighted by Crippen LogP contribution is -2.53. The fourth-order valence-electron chi connectivity index (χ4n) is 2.43. The molecule has 1 aliphatic rings. The third-order valence-electron chi connectivity index (χ3n) is 3.72. The Hall–Kier alpha value is -2.08. The van der Waals surface area contributed by atoms with Gasteiger partial charge in [-0.2, -0.15) is 0 Å². The second kappa shape index (κ2) is 5.85. The van der Waals surface area contributed by atoms with Gasteiger partial charge in [-0.15, -0.1) is 0 Å². The molecule has 1 aliphatic heterocycles. The van der Waals surface area contributed by atoms with Crippen LogP contribution < -0.4 is 4.74 Å². The molecule has 0 fully saturated rings. The van der Waals surface area contributed by atoms with Crippen LogP contribution in [0.4, 0.5) is 0 Å². The summed E-state index contributed by atoms with van der Waals surface area (Å²) in [5.74, 6) is -0.488. The van der Waals surface area contributed by atoms with Crippen molar-refractivity contribution in [3.63, 3.8) is 0 Å². The number of hydrogen-bond acceptors (Lipinski definition) is 6. The number of benzene rings is 1. The SMILES string of the molecule is CC(C)(C)OC(=O)[C@@](C)(O)[C@H]1CCc2cc(O)c(C=O)cc2O1.